The second-order valence-corrected chi connectivity index (χ2v) is 10.6. The SMILES string of the molecule is Cc1ccc(S(=O)(=O)Cc2cc(C#N)ccc2NS(=O)(=O)c2ccc(C)cc2)cc1. The quantitative estimate of drug-likeness (QED) is 0.625. The molecule has 0 fully saturated rings. The summed E-state index contributed by atoms with van der Waals surface area (Å²) in [6.45, 7) is 3.70. The maximum absolute atomic E-state index is 12.9. The van der Waals surface area contributed by atoms with Gasteiger partial charge >= 0.3 is 0 Å². The van der Waals surface area contributed by atoms with Crippen LogP contribution in [-0.2, 0) is 25.6 Å². The number of nitrogens with one attached hydrogen (secondary N) is 1. The molecule has 1 N–H and O–H groups in total. The molecule has 0 aliphatic heterocycles. The number of aryl methyl sites for hydroxylation is 2. The maximum atomic E-state index is 12.9. The third kappa shape index (κ3) is 4.87. The van der Waals surface area contributed by atoms with Crippen LogP contribution >= 0.6 is 0 Å². The maximum Gasteiger partial charge on any atom is 0.261 e. The fourth-order valence-electron chi connectivity index (χ4n) is 2.84. The molecule has 3 aromatic rings. The Balaban J connectivity index is 2.00. The Labute approximate surface area is 176 Å². The van der Waals surface area contributed by atoms with Gasteiger partial charge in [-0.1, -0.05) is 35.4 Å². The molecular formula is C22H20N2O4S2. The molecule has 0 aliphatic rings. The van der Waals surface area contributed by atoms with E-state index in [-0.39, 0.29) is 26.6 Å². The molecule has 6 nitrogen and oxygen atoms in total. The van der Waals surface area contributed by atoms with Crippen LogP contribution in [0, 0.1) is 25.2 Å². The molecule has 0 heterocycles. The first-order valence-corrected chi connectivity index (χ1v) is 12.2. The van der Waals surface area contributed by atoms with Gasteiger partial charge < -0.3 is 0 Å². The number of benzene rings is 3. The van der Waals surface area contributed by atoms with E-state index in [0.717, 1.165) is 11.1 Å². The summed E-state index contributed by atoms with van der Waals surface area (Å²) in [5, 5.41) is 9.20. The van der Waals surface area contributed by atoms with Crippen LogP contribution in [0.25, 0.3) is 0 Å². The Bertz CT molecular complexity index is 1320. The molecule has 0 amide bonds. The number of rotatable bonds is 6. The van der Waals surface area contributed by atoms with Crippen molar-refractivity contribution in [1.29, 1.82) is 5.26 Å². The average Bonchev–Trinajstić information content (AvgIpc) is 2.69. The Kier molecular flexibility index (Phi) is 5.97. The summed E-state index contributed by atoms with van der Waals surface area (Å²) in [6.07, 6.45) is 0. The highest BCUT2D eigenvalue weighted by Gasteiger charge is 2.21. The Hall–Kier alpha value is -3.15. The van der Waals surface area contributed by atoms with E-state index < -0.39 is 25.6 Å². The van der Waals surface area contributed by atoms with Gasteiger partial charge in [0.2, 0.25) is 0 Å². The third-order valence-electron chi connectivity index (χ3n) is 4.54. The number of nitrogens with zero attached hydrogens (tertiary/aromatic N) is 1. The van der Waals surface area contributed by atoms with E-state index >= 15 is 0 Å². The van der Waals surface area contributed by atoms with Crippen LogP contribution in [0.2, 0.25) is 0 Å². The van der Waals surface area contributed by atoms with Crippen molar-refractivity contribution in [1.82, 2.24) is 0 Å². The molecule has 0 atom stereocenters. The molecule has 154 valence electrons. The number of sulfone groups is 1. The Morgan fingerprint density at radius 3 is 1.87 bits per heavy atom. The molecule has 0 radical (unpaired) electrons. The molecule has 3 aromatic carbocycles. The second-order valence-electron chi connectivity index (χ2n) is 6.97. The summed E-state index contributed by atoms with van der Waals surface area (Å²) >= 11 is 0. The minimum atomic E-state index is -3.93. The van der Waals surface area contributed by atoms with Crippen LogP contribution in [0.15, 0.2) is 76.5 Å². The van der Waals surface area contributed by atoms with E-state index in [1.807, 2.05) is 19.9 Å². The van der Waals surface area contributed by atoms with E-state index in [1.54, 1.807) is 24.3 Å². The number of anilines is 1. The summed E-state index contributed by atoms with van der Waals surface area (Å²) in [6, 6.07) is 18.9. The molecule has 3 rings (SSSR count). The zero-order chi connectivity index (χ0) is 21.9. The lowest BCUT2D eigenvalue weighted by Crippen LogP contribution is -2.15. The smallest absolute Gasteiger partial charge is 0.261 e. The first kappa shape index (κ1) is 21.6. The van der Waals surface area contributed by atoms with Crippen molar-refractivity contribution >= 4 is 25.5 Å². The van der Waals surface area contributed by atoms with Gasteiger partial charge in [0.25, 0.3) is 10.0 Å². The van der Waals surface area contributed by atoms with Crippen molar-refractivity contribution in [2.24, 2.45) is 0 Å². The second kappa shape index (κ2) is 8.30. The standard InChI is InChI=1S/C22H20N2O4S2/c1-16-3-8-20(9-4-16)29(25,26)15-19-13-18(14-23)7-12-22(19)24-30(27,28)21-10-5-17(2)6-11-21/h3-13,24H,15H2,1-2H3. The van der Waals surface area contributed by atoms with Crippen molar-refractivity contribution < 1.29 is 16.8 Å². The average molecular weight is 441 g/mol. The predicted octanol–water partition coefficient (Wildman–Crippen LogP) is 3.95. The largest absolute Gasteiger partial charge is 0.279 e. The highest BCUT2D eigenvalue weighted by molar-refractivity contribution is 7.92. The van der Waals surface area contributed by atoms with Crippen LogP contribution in [-0.4, -0.2) is 16.8 Å². The molecule has 30 heavy (non-hydrogen) atoms. The van der Waals surface area contributed by atoms with Crippen LogP contribution in [0.4, 0.5) is 5.69 Å². The lowest BCUT2D eigenvalue weighted by Gasteiger charge is -2.14. The van der Waals surface area contributed by atoms with Crippen molar-refractivity contribution in [2.45, 2.75) is 29.4 Å². The first-order chi connectivity index (χ1) is 14.1. The van der Waals surface area contributed by atoms with E-state index in [4.69, 9.17) is 0 Å². The van der Waals surface area contributed by atoms with Gasteiger partial charge in [-0.25, -0.2) is 16.8 Å². The van der Waals surface area contributed by atoms with E-state index in [0.29, 0.717) is 0 Å². The molecule has 0 aliphatic carbocycles. The summed E-state index contributed by atoms with van der Waals surface area (Å²) in [4.78, 5) is 0.188. The van der Waals surface area contributed by atoms with Gasteiger partial charge in [-0.05, 0) is 61.9 Å². The van der Waals surface area contributed by atoms with Crippen molar-refractivity contribution in [3.05, 3.63) is 89.0 Å². The fourth-order valence-corrected chi connectivity index (χ4v) is 5.30. The molecular weight excluding hydrogens is 420 g/mol. The topological polar surface area (TPSA) is 104 Å². The van der Waals surface area contributed by atoms with Crippen LogP contribution in [0.5, 0.6) is 0 Å². The summed E-state index contributed by atoms with van der Waals surface area (Å²) in [5.41, 5.74) is 2.39. The third-order valence-corrected chi connectivity index (χ3v) is 7.60. The lowest BCUT2D eigenvalue weighted by molar-refractivity contribution is 0.594. The van der Waals surface area contributed by atoms with Gasteiger partial charge in [-0.2, -0.15) is 5.26 Å². The molecule has 8 heteroatoms. The van der Waals surface area contributed by atoms with Gasteiger partial charge in [0.15, 0.2) is 9.84 Å². The molecule has 0 spiro atoms. The normalized spacial score (nSPS) is 11.6. The van der Waals surface area contributed by atoms with Gasteiger partial charge in [0, 0.05) is 0 Å². The van der Waals surface area contributed by atoms with E-state index in [1.165, 1.54) is 42.5 Å². The van der Waals surface area contributed by atoms with Gasteiger partial charge in [0.05, 0.1) is 32.9 Å². The predicted molar refractivity (Wildman–Crippen MR) is 115 cm³/mol. The Morgan fingerprint density at radius 1 is 0.800 bits per heavy atom. The van der Waals surface area contributed by atoms with Gasteiger partial charge in [-0.15, -0.1) is 0 Å². The minimum Gasteiger partial charge on any atom is -0.279 e. The van der Waals surface area contributed by atoms with Gasteiger partial charge in [-0.3, -0.25) is 4.72 Å². The van der Waals surface area contributed by atoms with Crippen molar-refractivity contribution in [3.63, 3.8) is 0 Å². The summed E-state index contributed by atoms with van der Waals surface area (Å²) < 4.78 is 53.7. The highest BCUT2D eigenvalue weighted by Crippen LogP contribution is 2.26. The first-order valence-electron chi connectivity index (χ1n) is 9.03. The van der Waals surface area contributed by atoms with E-state index in [2.05, 4.69) is 4.72 Å². The summed E-state index contributed by atoms with van der Waals surface area (Å²) in [7, 11) is -7.67. The van der Waals surface area contributed by atoms with Crippen molar-refractivity contribution in [2.75, 3.05) is 4.72 Å². The fraction of sp³-hybridized carbons (Fsp3) is 0.136. The molecule has 0 saturated carbocycles. The number of hydrogen-bond acceptors (Lipinski definition) is 5. The molecule has 0 aromatic heterocycles. The number of hydrogen-bond donors (Lipinski definition) is 1. The van der Waals surface area contributed by atoms with Crippen LogP contribution in [0.1, 0.15) is 22.3 Å². The van der Waals surface area contributed by atoms with Gasteiger partial charge in [0.1, 0.15) is 0 Å². The van der Waals surface area contributed by atoms with Crippen LogP contribution < -0.4 is 4.72 Å². The van der Waals surface area contributed by atoms with Crippen molar-refractivity contribution in [3.8, 4) is 6.07 Å². The molecule has 0 unspecified atom stereocenters. The minimum absolute atomic E-state index is 0.0600. The zero-order valence-electron chi connectivity index (χ0n) is 16.5. The zero-order valence-corrected chi connectivity index (χ0v) is 18.1. The number of nitriles is 1. The number of sulfonamides is 1. The highest BCUT2D eigenvalue weighted by atomic mass is 32.2. The molecule has 0 saturated heterocycles. The van der Waals surface area contributed by atoms with Crippen LogP contribution in [0.3, 0.4) is 0 Å². The molecule has 0 bridgehead atoms. The Morgan fingerprint density at radius 2 is 1.33 bits per heavy atom. The summed E-state index contributed by atoms with van der Waals surface area (Å²) in [5.74, 6) is -0.447. The van der Waals surface area contributed by atoms with E-state index in [9.17, 15) is 22.1 Å². The monoisotopic (exact) mass is 440 g/mol. The lowest BCUT2D eigenvalue weighted by atomic mass is 10.1.